The molecular weight excluding hydrogens is 374 g/mol. The van der Waals surface area contributed by atoms with Gasteiger partial charge in [0.05, 0.1) is 29.4 Å². The van der Waals surface area contributed by atoms with Crippen LogP contribution >= 0.6 is 11.8 Å². The number of benzene rings is 2. The molecule has 0 saturated heterocycles. The fourth-order valence-corrected chi connectivity index (χ4v) is 3.92. The van der Waals surface area contributed by atoms with E-state index in [1.165, 1.54) is 16.7 Å². The Labute approximate surface area is 169 Å². The average molecular weight is 397 g/mol. The van der Waals surface area contributed by atoms with Crippen LogP contribution in [0.15, 0.2) is 53.4 Å². The maximum absolute atomic E-state index is 13.3. The second-order valence-electron chi connectivity index (χ2n) is 5.94. The van der Waals surface area contributed by atoms with Crippen molar-refractivity contribution in [1.82, 2.24) is 0 Å². The maximum atomic E-state index is 13.3. The number of anilines is 1. The molecule has 0 fully saturated rings. The Morgan fingerprint density at radius 1 is 0.857 bits per heavy atom. The van der Waals surface area contributed by atoms with Crippen LogP contribution in [0.3, 0.4) is 0 Å². The van der Waals surface area contributed by atoms with E-state index in [1.807, 2.05) is 51.1 Å². The lowest BCUT2D eigenvalue weighted by Crippen LogP contribution is -2.31. The van der Waals surface area contributed by atoms with Gasteiger partial charge in [0.1, 0.15) is 11.5 Å². The molecule has 0 unspecified atom stereocenters. The number of hydrogen-bond acceptors (Lipinski definition) is 5. The van der Waals surface area contributed by atoms with E-state index in [0.29, 0.717) is 46.4 Å². The van der Waals surface area contributed by atoms with Crippen molar-refractivity contribution in [3.63, 3.8) is 0 Å². The molecule has 0 atom stereocenters. The van der Waals surface area contributed by atoms with Crippen LogP contribution < -0.4 is 14.4 Å². The van der Waals surface area contributed by atoms with Gasteiger partial charge in [0, 0.05) is 0 Å². The van der Waals surface area contributed by atoms with Crippen LogP contribution in [-0.4, -0.2) is 30.8 Å². The number of carbonyl (C=O) groups is 2. The van der Waals surface area contributed by atoms with Crippen molar-refractivity contribution in [2.45, 2.75) is 20.8 Å². The SMILES string of the molecule is CCOc1ccc(C2=C(SCC)C(=O)N(c3ccccc3OCC)C2=O)cc1. The molecule has 0 radical (unpaired) electrons. The zero-order chi connectivity index (χ0) is 20.1. The number of hydrogen-bond donors (Lipinski definition) is 0. The van der Waals surface area contributed by atoms with Crippen LogP contribution in [0.5, 0.6) is 11.5 Å². The summed E-state index contributed by atoms with van der Waals surface area (Å²) >= 11 is 1.38. The van der Waals surface area contributed by atoms with Gasteiger partial charge in [-0.05, 0) is 49.4 Å². The molecule has 0 saturated carbocycles. The quantitative estimate of drug-likeness (QED) is 0.613. The Hall–Kier alpha value is -2.73. The Kier molecular flexibility index (Phi) is 6.41. The highest BCUT2D eigenvalue weighted by molar-refractivity contribution is 8.04. The van der Waals surface area contributed by atoms with Gasteiger partial charge < -0.3 is 9.47 Å². The molecule has 146 valence electrons. The molecule has 2 aromatic carbocycles. The predicted octanol–water partition coefficient (Wildman–Crippen LogP) is 4.52. The largest absolute Gasteiger partial charge is 0.494 e. The molecule has 5 nitrogen and oxygen atoms in total. The molecule has 3 rings (SSSR count). The minimum atomic E-state index is -0.336. The van der Waals surface area contributed by atoms with Crippen molar-refractivity contribution in [3.8, 4) is 11.5 Å². The van der Waals surface area contributed by atoms with E-state index in [9.17, 15) is 9.59 Å². The highest BCUT2D eigenvalue weighted by atomic mass is 32.2. The van der Waals surface area contributed by atoms with E-state index in [1.54, 1.807) is 18.2 Å². The van der Waals surface area contributed by atoms with E-state index in [0.717, 1.165) is 5.75 Å². The lowest BCUT2D eigenvalue weighted by molar-refractivity contribution is -0.119. The average Bonchev–Trinajstić information content (AvgIpc) is 2.94. The molecule has 2 amide bonds. The van der Waals surface area contributed by atoms with E-state index in [-0.39, 0.29) is 11.8 Å². The summed E-state index contributed by atoms with van der Waals surface area (Å²) < 4.78 is 11.1. The van der Waals surface area contributed by atoms with Gasteiger partial charge in [-0.15, -0.1) is 11.8 Å². The number of thioether (sulfide) groups is 1. The third-order valence-corrected chi connectivity index (χ3v) is 5.15. The number of ether oxygens (including phenoxy) is 2. The summed E-state index contributed by atoms with van der Waals surface area (Å²) in [6, 6.07) is 14.4. The van der Waals surface area contributed by atoms with Crippen LogP contribution in [0.2, 0.25) is 0 Å². The lowest BCUT2D eigenvalue weighted by Gasteiger charge is -2.18. The lowest BCUT2D eigenvalue weighted by atomic mass is 10.1. The number of para-hydroxylation sites is 2. The van der Waals surface area contributed by atoms with Gasteiger partial charge >= 0.3 is 0 Å². The monoisotopic (exact) mass is 397 g/mol. The van der Waals surface area contributed by atoms with Crippen molar-refractivity contribution in [2.24, 2.45) is 0 Å². The molecule has 0 spiro atoms. The number of nitrogens with zero attached hydrogens (tertiary/aromatic N) is 1. The van der Waals surface area contributed by atoms with Gasteiger partial charge in [-0.2, -0.15) is 0 Å². The van der Waals surface area contributed by atoms with Crippen molar-refractivity contribution in [2.75, 3.05) is 23.9 Å². The van der Waals surface area contributed by atoms with E-state index < -0.39 is 0 Å². The van der Waals surface area contributed by atoms with Crippen LogP contribution in [-0.2, 0) is 9.59 Å². The smallest absolute Gasteiger partial charge is 0.272 e. The van der Waals surface area contributed by atoms with Gasteiger partial charge in [0.2, 0.25) is 0 Å². The van der Waals surface area contributed by atoms with E-state index in [4.69, 9.17) is 9.47 Å². The molecule has 0 bridgehead atoms. The number of amides is 2. The number of carbonyl (C=O) groups excluding carboxylic acids is 2. The molecule has 0 aliphatic carbocycles. The Morgan fingerprint density at radius 2 is 1.54 bits per heavy atom. The number of imide groups is 1. The van der Waals surface area contributed by atoms with Crippen molar-refractivity contribution < 1.29 is 19.1 Å². The predicted molar refractivity (Wildman–Crippen MR) is 113 cm³/mol. The summed E-state index contributed by atoms with van der Waals surface area (Å²) in [5.74, 6) is 1.29. The zero-order valence-corrected chi connectivity index (χ0v) is 17.0. The first-order chi connectivity index (χ1) is 13.6. The van der Waals surface area contributed by atoms with Gasteiger partial charge in [-0.1, -0.05) is 31.2 Å². The summed E-state index contributed by atoms with van der Waals surface area (Å²) in [5.41, 5.74) is 1.59. The maximum Gasteiger partial charge on any atom is 0.272 e. The van der Waals surface area contributed by atoms with E-state index >= 15 is 0 Å². The molecule has 1 heterocycles. The Morgan fingerprint density at radius 3 is 2.18 bits per heavy atom. The first-order valence-electron chi connectivity index (χ1n) is 9.33. The fraction of sp³-hybridized carbons (Fsp3) is 0.273. The summed E-state index contributed by atoms with van der Waals surface area (Å²) in [6.45, 7) is 6.76. The Bertz CT molecular complexity index is 905. The summed E-state index contributed by atoms with van der Waals surface area (Å²) in [6.07, 6.45) is 0. The molecule has 6 heteroatoms. The highest BCUT2D eigenvalue weighted by Crippen LogP contribution is 2.41. The highest BCUT2D eigenvalue weighted by Gasteiger charge is 2.41. The minimum absolute atomic E-state index is 0.312. The third-order valence-electron chi connectivity index (χ3n) is 4.19. The molecule has 1 aliphatic heterocycles. The van der Waals surface area contributed by atoms with Crippen molar-refractivity contribution in [3.05, 3.63) is 59.0 Å². The van der Waals surface area contributed by atoms with Gasteiger partial charge in [-0.3, -0.25) is 9.59 Å². The Balaban J connectivity index is 2.04. The fourth-order valence-electron chi connectivity index (χ4n) is 3.07. The normalized spacial score (nSPS) is 14.0. The van der Waals surface area contributed by atoms with Crippen LogP contribution in [0.1, 0.15) is 26.3 Å². The molecule has 1 aliphatic rings. The van der Waals surface area contributed by atoms with Crippen LogP contribution in [0, 0.1) is 0 Å². The van der Waals surface area contributed by atoms with Crippen LogP contribution in [0.25, 0.3) is 5.57 Å². The van der Waals surface area contributed by atoms with Crippen molar-refractivity contribution >= 4 is 34.8 Å². The second kappa shape index (κ2) is 8.97. The van der Waals surface area contributed by atoms with Crippen LogP contribution in [0.4, 0.5) is 5.69 Å². The first-order valence-corrected chi connectivity index (χ1v) is 10.3. The molecule has 28 heavy (non-hydrogen) atoms. The molecule has 2 aromatic rings. The molecule has 0 aromatic heterocycles. The first kappa shape index (κ1) is 20.0. The minimum Gasteiger partial charge on any atom is -0.494 e. The van der Waals surface area contributed by atoms with Gasteiger partial charge in [0.25, 0.3) is 11.8 Å². The summed E-state index contributed by atoms with van der Waals surface area (Å²) in [5, 5.41) is 0. The molecule has 0 N–H and O–H groups in total. The standard InChI is InChI=1S/C22H23NO4S/c1-4-26-16-13-11-15(12-14-16)19-20(28-6-3)22(25)23(21(19)24)17-9-7-8-10-18(17)27-5-2/h7-14H,4-6H2,1-3H3. The topological polar surface area (TPSA) is 55.8 Å². The number of rotatable bonds is 8. The van der Waals surface area contributed by atoms with E-state index in [2.05, 4.69) is 0 Å². The van der Waals surface area contributed by atoms with Gasteiger partial charge in [-0.25, -0.2) is 4.90 Å². The molecular formula is C22H23NO4S. The summed E-state index contributed by atoms with van der Waals surface area (Å²) in [7, 11) is 0. The second-order valence-corrected chi connectivity index (χ2v) is 7.22. The van der Waals surface area contributed by atoms with Gasteiger partial charge in [0.15, 0.2) is 0 Å². The van der Waals surface area contributed by atoms with Crippen molar-refractivity contribution in [1.29, 1.82) is 0 Å². The summed E-state index contributed by atoms with van der Waals surface area (Å²) in [4.78, 5) is 28.2. The third kappa shape index (κ3) is 3.78. The zero-order valence-electron chi connectivity index (χ0n) is 16.2.